The molecular weight excluding hydrogens is 288 g/mol. The highest BCUT2D eigenvalue weighted by molar-refractivity contribution is 7.89. The number of anilines is 1. The Kier molecular flexibility index (Phi) is 6.48. The van der Waals surface area contributed by atoms with Gasteiger partial charge in [0.25, 0.3) is 0 Å². The molecule has 0 aliphatic rings. The van der Waals surface area contributed by atoms with E-state index in [4.69, 9.17) is 10.5 Å². The predicted molar refractivity (Wildman–Crippen MR) is 85.9 cm³/mol. The van der Waals surface area contributed by atoms with Crippen molar-refractivity contribution in [1.29, 1.82) is 0 Å². The van der Waals surface area contributed by atoms with Crippen molar-refractivity contribution in [3.63, 3.8) is 0 Å². The molecule has 0 aliphatic carbocycles. The molecule has 5 nitrogen and oxygen atoms in total. The number of ether oxygens (including phenoxy) is 1. The van der Waals surface area contributed by atoms with Crippen LogP contribution in [0.2, 0.25) is 0 Å². The molecule has 0 heterocycles. The molecular formula is C15H26N2O3S. The van der Waals surface area contributed by atoms with Crippen molar-refractivity contribution in [2.75, 3.05) is 12.8 Å². The van der Waals surface area contributed by atoms with Gasteiger partial charge in [0.05, 0.1) is 17.7 Å². The topological polar surface area (TPSA) is 81.4 Å². The molecule has 0 amide bonds. The molecule has 3 N–H and O–H groups in total. The molecule has 0 spiro atoms. The van der Waals surface area contributed by atoms with Gasteiger partial charge in [-0.2, -0.15) is 0 Å². The van der Waals surface area contributed by atoms with E-state index in [1.807, 2.05) is 6.92 Å². The van der Waals surface area contributed by atoms with E-state index in [0.717, 1.165) is 19.3 Å². The first-order chi connectivity index (χ1) is 9.76. The minimum absolute atomic E-state index is 0.0999. The Morgan fingerprint density at radius 1 is 1.24 bits per heavy atom. The summed E-state index contributed by atoms with van der Waals surface area (Å²) in [5.74, 6) is 1.11. The molecule has 1 unspecified atom stereocenters. The van der Waals surface area contributed by atoms with Gasteiger partial charge in [0.15, 0.2) is 0 Å². The lowest BCUT2D eigenvalue weighted by Crippen LogP contribution is -2.32. The molecule has 1 aromatic carbocycles. The summed E-state index contributed by atoms with van der Waals surface area (Å²) in [6.45, 7) is 6.20. The van der Waals surface area contributed by atoms with Gasteiger partial charge in [-0.1, -0.05) is 26.7 Å². The van der Waals surface area contributed by atoms with Gasteiger partial charge in [-0.05, 0) is 37.5 Å². The number of benzene rings is 1. The number of rotatable bonds is 8. The molecule has 0 bridgehead atoms. The Hall–Kier alpha value is -1.27. The van der Waals surface area contributed by atoms with Crippen LogP contribution in [0.3, 0.4) is 0 Å². The first-order valence-electron chi connectivity index (χ1n) is 7.22. The molecule has 21 heavy (non-hydrogen) atoms. The second-order valence-electron chi connectivity index (χ2n) is 5.75. The summed E-state index contributed by atoms with van der Waals surface area (Å²) in [6, 6.07) is 4.38. The Bertz CT molecular complexity index is 556. The van der Waals surface area contributed by atoms with E-state index in [9.17, 15) is 8.42 Å². The van der Waals surface area contributed by atoms with Crippen molar-refractivity contribution >= 4 is 15.7 Å². The van der Waals surface area contributed by atoms with E-state index in [1.54, 1.807) is 6.07 Å². The zero-order valence-corrected chi connectivity index (χ0v) is 14.0. The van der Waals surface area contributed by atoms with Crippen LogP contribution in [0.25, 0.3) is 0 Å². The average Bonchev–Trinajstić information content (AvgIpc) is 2.37. The maximum Gasteiger partial charge on any atom is 0.240 e. The van der Waals surface area contributed by atoms with Crippen LogP contribution in [0, 0.1) is 5.92 Å². The number of nitrogens with one attached hydrogen (secondary N) is 1. The summed E-state index contributed by atoms with van der Waals surface area (Å²) in [7, 11) is -2.05. The Balaban J connectivity index is 2.70. The van der Waals surface area contributed by atoms with E-state index in [1.165, 1.54) is 19.2 Å². The third-order valence-corrected chi connectivity index (χ3v) is 4.87. The summed E-state index contributed by atoms with van der Waals surface area (Å²) in [5.41, 5.74) is 6.07. The van der Waals surface area contributed by atoms with Crippen molar-refractivity contribution in [2.45, 2.75) is 51.0 Å². The minimum Gasteiger partial charge on any atom is -0.495 e. The second kappa shape index (κ2) is 7.66. The summed E-state index contributed by atoms with van der Waals surface area (Å²) >= 11 is 0. The van der Waals surface area contributed by atoms with Gasteiger partial charge in [-0.25, -0.2) is 13.1 Å². The molecule has 0 fully saturated rings. The van der Waals surface area contributed by atoms with Crippen molar-refractivity contribution < 1.29 is 13.2 Å². The van der Waals surface area contributed by atoms with Crippen molar-refractivity contribution in [3.8, 4) is 5.75 Å². The molecule has 0 aromatic heterocycles. The fourth-order valence-electron chi connectivity index (χ4n) is 2.10. The van der Waals surface area contributed by atoms with Gasteiger partial charge in [0.1, 0.15) is 5.75 Å². The van der Waals surface area contributed by atoms with Gasteiger partial charge in [-0.3, -0.25) is 0 Å². The van der Waals surface area contributed by atoms with Crippen LogP contribution in [0.5, 0.6) is 5.75 Å². The maximum atomic E-state index is 12.3. The quantitative estimate of drug-likeness (QED) is 0.723. The average molecular weight is 314 g/mol. The van der Waals surface area contributed by atoms with Gasteiger partial charge < -0.3 is 10.5 Å². The van der Waals surface area contributed by atoms with Gasteiger partial charge in [0, 0.05) is 6.04 Å². The second-order valence-corrected chi connectivity index (χ2v) is 7.46. The van der Waals surface area contributed by atoms with Crippen LogP contribution in [0.4, 0.5) is 5.69 Å². The third kappa shape index (κ3) is 5.55. The van der Waals surface area contributed by atoms with Crippen LogP contribution in [-0.2, 0) is 10.0 Å². The summed E-state index contributed by atoms with van der Waals surface area (Å²) in [4.78, 5) is 0.163. The lowest BCUT2D eigenvalue weighted by molar-refractivity contribution is 0.416. The third-order valence-electron chi connectivity index (χ3n) is 3.29. The fraction of sp³-hybridized carbons (Fsp3) is 0.600. The van der Waals surface area contributed by atoms with Crippen LogP contribution >= 0.6 is 0 Å². The number of sulfonamides is 1. The molecule has 6 heteroatoms. The van der Waals surface area contributed by atoms with E-state index in [-0.39, 0.29) is 10.9 Å². The monoisotopic (exact) mass is 314 g/mol. The standard InChI is InChI=1S/C15H26N2O3S/c1-11(2)6-5-7-12(3)17-21(18,19)13-8-9-15(20-4)14(16)10-13/h8-12,17H,5-7,16H2,1-4H3. The number of hydrogen-bond donors (Lipinski definition) is 2. The molecule has 1 rings (SSSR count). The molecule has 1 aromatic rings. The SMILES string of the molecule is COc1ccc(S(=O)(=O)NC(C)CCCC(C)C)cc1N. The van der Waals surface area contributed by atoms with E-state index < -0.39 is 10.0 Å². The minimum atomic E-state index is -3.54. The number of methoxy groups -OCH3 is 1. The predicted octanol–water partition coefficient (Wildman–Crippen LogP) is 2.77. The Morgan fingerprint density at radius 2 is 1.90 bits per heavy atom. The van der Waals surface area contributed by atoms with E-state index in [2.05, 4.69) is 18.6 Å². The number of nitrogen functional groups attached to an aromatic ring is 1. The first kappa shape index (κ1) is 17.8. The molecule has 1 atom stereocenters. The summed E-state index contributed by atoms with van der Waals surface area (Å²) in [5, 5.41) is 0. The van der Waals surface area contributed by atoms with Crippen LogP contribution < -0.4 is 15.2 Å². The van der Waals surface area contributed by atoms with E-state index in [0.29, 0.717) is 17.4 Å². The smallest absolute Gasteiger partial charge is 0.240 e. The lowest BCUT2D eigenvalue weighted by atomic mass is 10.0. The van der Waals surface area contributed by atoms with Crippen molar-refractivity contribution in [3.05, 3.63) is 18.2 Å². The van der Waals surface area contributed by atoms with Gasteiger partial charge >= 0.3 is 0 Å². The van der Waals surface area contributed by atoms with Crippen LogP contribution in [0.1, 0.15) is 40.0 Å². The first-order valence-corrected chi connectivity index (χ1v) is 8.70. The van der Waals surface area contributed by atoms with Crippen molar-refractivity contribution in [2.24, 2.45) is 5.92 Å². The maximum absolute atomic E-state index is 12.3. The number of nitrogens with two attached hydrogens (primary N) is 1. The zero-order valence-electron chi connectivity index (χ0n) is 13.2. The normalized spacial score (nSPS) is 13.4. The fourth-order valence-corrected chi connectivity index (χ4v) is 3.42. The molecule has 0 radical (unpaired) electrons. The largest absolute Gasteiger partial charge is 0.495 e. The zero-order chi connectivity index (χ0) is 16.0. The Morgan fingerprint density at radius 3 is 2.43 bits per heavy atom. The summed E-state index contributed by atoms with van der Waals surface area (Å²) < 4.78 is 32.3. The molecule has 120 valence electrons. The molecule has 0 saturated carbocycles. The van der Waals surface area contributed by atoms with Crippen molar-refractivity contribution in [1.82, 2.24) is 4.72 Å². The molecule has 0 saturated heterocycles. The highest BCUT2D eigenvalue weighted by atomic mass is 32.2. The number of hydrogen-bond acceptors (Lipinski definition) is 4. The summed E-state index contributed by atoms with van der Waals surface area (Å²) in [6.07, 6.45) is 2.93. The van der Waals surface area contributed by atoms with Crippen LogP contribution in [0.15, 0.2) is 23.1 Å². The lowest BCUT2D eigenvalue weighted by Gasteiger charge is -2.15. The van der Waals surface area contributed by atoms with Gasteiger partial charge in [-0.15, -0.1) is 0 Å². The Labute approximate surface area is 127 Å². The van der Waals surface area contributed by atoms with E-state index >= 15 is 0 Å². The molecule has 0 aliphatic heterocycles. The highest BCUT2D eigenvalue weighted by Crippen LogP contribution is 2.24. The van der Waals surface area contributed by atoms with Gasteiger partial charge in [0.2, 0.25) is 10.0 Å². The highest BCUT2D eigenvalue weighted by Gasteiger charge is 2.18. The van der Waals surface area contributed by atoms with Crippen LogP contribution in [-0.4, -0.2) is 21.6 Å².